The molecule has 2 aromatic rings. The van der Waals surface area contributed by atoms with Gasteiger partial charge in [-0.2, -0.15) is 13.2 Å². The summed E-state index contributed by atoms with van der Waals surface area (Å²) in [5.74, 6) is -0.0159. The molecule has 0 N–H and O–H groups in total. The molecule has 27 heavy (non-hydrogen) atoms. The van der Waals surface area contributed by atoms with E-state index in [0.717, 1.165) is 30.5 Å². The first-order valence-corrected chi connectivity index (χ1v) is 8.96. The summed E-state index contributed by atoms with van der Waals surface area (Å²) in [4.78, 5) is 14.4. The minimum Gasteiger partial charge on any atom is -0.372 e. The number of nitrogens with zero attached hydrogens (tertiary/aromatic N) is 1. The SMILES string of the molecule is Cc1ccc(C(=O)N2CCC[C@@H](OCc3ccc(C(F)(F)F)cc3)C2)cc1. The number of ether oxygens (including phenoxy) is 1. The number of amides is 1. The van der Waals surface area contributed by atoms with E-state index in [4.69, 9.17) is 4.74 Å². The number of halogens is 3. The molecule has 1 amide bonds. The molecule has 1 aliphatic rings. The Bertz CT molecular complexity index is 770. The summed E-state index contributed by atoms with van der Waals surface area (Å²) in [6.45, 7) is 3.38. The molecule has 144 valence electrons. The number of alkyl halides is 3. The topological polar surface area (TPSA) is 29.5 Å². The first kappa shape index (κ1) is 19.4. The summed E-state index contributed by atoms with van der Waals surface area (Å²) in [6, 6.07) is 12.5. The van der Waals surface area contributed by atoms with Crippen molar-refractivity contribution in [1.82, 2.24) is 4.90 Å². The van der Waals surface area contributed by atoms with Crippen LogP contribution in [0.2, 0.25) is 0 Å². The zero-order valence-corrected chi connectivity index (χ0v) is 15.1. The summed E-state index contributed by atoms with van der Waals surface area (Å²) >= 11 is 0. The summed E-state index contributed by atoms with van der Waals surface area (Å²) in [5, 5.41) is 0. The van der Waals surface area contributed by atoms with Gasteiger partial charge in [-0.1, -0.05) is 29.8 Å². The fourth-order valence-corrected chi connectivity index (χ4v) is 3.14. The molecule has 3 nitrogen and oxygen atoms in total. The fraction of sp³-hybridized carbons (Fsp3) is 0.381. The summed E-state index contributed by atoms with van der Waals surface area (Å²) in [5.41, 5.74) is 1.77. The predicted molar refractivity (Wildman–Crippen MR) is 96.3 cm³/mol. The van der Waals surface area contributed by atoms with Crippen LogP contribution in [-0.4, -0.2) is 30.0 Å². The van der Waals surface area contributed by atoms with Crippen molar-refractivity contribution in [3.63, 3.8) is 0 Å². The summed E-state index contributed by atoms with van der Waals surface area (Å²) < 4.78 is 43.7. The highest BCUT2D eigenvalue weighted by Crippen LogP contribution is 2.29. The van der Waals surface area contributed by atoms with Crippen molar-refractivity contribution in [3.8, 4) is 0 Å². The van der Waals surface area contributed by atoms with Gasteiger partial charge in [0.2, 0.25) is 0 Å². The average molecular weight is 377 g/mol. The molecule has 1 fully saturated rings. The van der Waals surface area contributed by atoms with Gasteiger partial charge in [0.05, 0.1) is 18.3 Å². The third-order valence-corrected chi connectivity index (χ3v) is 4.73. The van der Waals surface area contributed by atoms with Gasteiger partial charge >= 0.3 is 6.18 Å². The van der Waals surface area contributed by atoms with Gasteiger partial charge in [0, 0.05) is 18.7 Å². The molecule has 2 aromatic carbocycles. The van der Waals surface area contributed by atoms with Crippen molar-refractivity contribution in [2.45, 2.75) is 38.7 Å². The highest BCUT2D eigenvalue weighted by molar-refractivity contribution is 5.94. The average Bonchev–Trinajstić information content (AvgIpc) is 2.66. The molecule has 1 aliphatic heterocycles. The summed E-state index contributed by atoms with van der Waals surface area (Å²) in [6.07, 6.45) is -2.77. The number of piperidine rings is 1. The Morgan fingerprint density at radius 2 is 1.78 bits per heavy atom. The highest BCUT2D eigenvalue weighted by Gasteiger charge is 2.30. The van der Waals surface area contributed by atoms with E-state index in [-0.39, 0.29) is 18.6 Å². The van der Waals surface area contributed by atoms with Crippen molar-refractivity contribution in [1.29, 1.82) is 0 Å². The maximum absolute atomic E-state index is 12.6. The normalized spacial score (nSPS) is 17.8. The Morgan fingerprint density at radius 1 is 1.11 bits per heavy atom. The number of carbonyl (C=O) groups excluding carboxylic acids is 1. The van der Waals surface area contributed by atoms with Gasteiger partial charge in [-0.05, 0) is 49.6 Å². The number of benzene rings is 2. The lowest BCUT2D eigenvalue weighted by Crippen LogP contribution is -2.43. The van der Waals surface area contributed by atoms with Crippen molar-refractivity contribution < 1.29 is 22.7 Å². The van der Waals surface area contributed by atoms with Crippen molar-refractivity contribution in [2.75, 3.05) is 13.1 Å². The van der Waals surface area contributed by atoms with Crippen LogP contribution in [0.5, 0.6) is 0 Å². The van der Waals surface area contributed by atoms with E-state index in [1.165, 1.54) is 12.1 Å². The zero-order valence-electron chi connectivity index (χ0n) is 15.1. The second-order valence-electron chi connectivity index (χ2n) is 6.89. The Balaban J connectivity index is 1.55. The molecule has 0 aliphatic carbocycles. The first-order valence-electron chi connectivity index (χ1n) is 8.96. The molecule has 0 bridgehead atoms. The first-order chi connectivity index (χ1) is 12.8. The number of carbonyl (C=O) groups is 1. The molecule has 0 radical (unpaired) electrons. The molecule has 1 heterocycles. The molecular formula is C21H22F3NO2. The van der Waals surface area contributed by atoms with Gasteiger partial charge in [0.1, 0.15) is 0 Å². The van der Waals surface area contributed by atoms with E-state index in [2.05, 4.69) is 0 Å². The third-order valence-electron chi connectivity index (χ3n) is 4.73. The number of aryl methyl sites for hydroxylation is 1. The van der Waals surface area contributed by atoms with Gasteiger partial charge < -0.3 is 9.64 Å². The quantitative estimate of drug-likeness (QED) is 0.763. The predicted octanol–water partition coefficient (Wildman–Crippen LogP) is 4.84. The second-order valence-corrected chi connectivity index (χ2v) is 6.89. The van der Waals surface area contributed by atoms with Gasteiger partial charge in [-0.3, -0.25) is 4.79 Å². The Labute approximate surface area is 156 Å². The maximum Gasteiger partial charge on any atom is 0.416 e. The number of likely N-dealkylation sites (tertiary alicyclic amines) is 1. The van der Waals surface area contributed by atoms with Crippen LogP contribution in [0, 0.1) is 6.92 Å². The molecule has 1 atom stereocenters. The van der Waals surface area contributed by atoms with Crippen molar-refractivity contribution in [2.24, 2.45) is 0 Å². The molecule has 1 saturated heterocycles. The monoisotopic (exact) mass is 377 g/mol. The van der Waals surface area contributed by atoms with Crippen LogP contribution >= 0.6 is 0 Å². The molecular weight excluding hydrogens is 355 g/mol. The van der Waals surface area contributed by atoms with Crippen LogP contribution in [0.25, 0.3) is 0 Å². The van der Waals surface area contributed by atoms with E-state index < -0.39 is 11.7 Å². The Morgan fingerprint density at radius 3 is 2.41 bits per heavy atom. The minimum atomic E-state index is -4.33. The lowest BCUT2D eigenvalue weighted by molar-refractivity contribution is -0.137. The fourth-order valence-electron chi connectivity index (χ4n) is 3.14. The lowest BCUT2D eigenvalue weighted by Gasteiger charge is -2.32. The van der Waals surface area contributed by atoms with E-state index in [9.17, 15) is 18.0 Å². The number of rotatable bonds is 4. The van der Waals surface area contributed by atoms with Crippen LogP contribution in [0.1, 0.15) is 39.9 Å². The van der Waals surface area contributed by atoms with E-state index in [1.54, 1.807) is 4.90 Å². The molecule has 0 aromatic heterocycles. The van der Waals surface area contributed by atoms with Crippen LogP contribution in [0.4, 0.5) is 13.2 Å². The molecule has 6 heteroatoms. The standard InChI is InChI=1S/C21H22F3NO2/c1-15-4-8-17(9-5-15)20(26)25-12-2-3-19(13-25)27-14-16-6-10-18(11-7-16)21(22,23)24/h4-11,19H,2-3,12-14H2,1H3/t19-/m1/s1. The van der Waals surface area contributed by atoms with Gasteiger partial charge in [0.15, 0.2) is 0 Å². The Kier molecular flexibility index (Phi) is 5.85. The lowest BCUT2D eigenvalue weighted by atomic mass is 10.1. The van der Waals surface area contributed by atoms with Crippen LogP contribution in [-0.2, 0) is 17.5 Å². The maximum atomic E-state index is 12.6. The van der Waals surface area contributed by atoms with Crippen molar-refractivity contribution in [3.05, 3.63) is 70.8 Å². The van der Waals surface area contributed by atoms with Crippen molar-refractivity contribution >= 4 is 5.91 Å². The zero-order chi connectivity index (χ0) is 19.4. The van der Waals surface area contributed by atoms with Crippen LogP contribution < -0.4 is 0 Å². The van der Waals surface area contributed by atoms with Gasteiger partial charge in [-0.15, -0.1) is 0 Å². The largest absolute Gasteiger partial charge is 0.416 e. The third kappa shape index (κ3) is 5.10. The highest BCUT2D eigenvalue weighted by atomic mass is 19.4. The van der Waals surface area contributed by atoms with Gasteiger partial charge in [-0.25, -0.2) is 0 Å². The molecule has 0 spiro atoms. The van der Waals surface area contributed by atoms with E-state index in [1.807, 2.05) is 31.2 Å². The van der Waals surface area contributed by atoms with Gasteiger partial charge in [0.25, 0.3) is 5.91 Å². The minimum absolute atomic E-state index is 0.0159. The number of hydrogen-bond donors (Lipinski definition) is 0. The second kappa shape index (κ2) is 8.13. The molecule has 0 unspecified atom stereocenters. The Hall–Kier alpha value is -2.34. The van der Waals surface area contributed by atoms with Crippen LogP contribution in [0.15, 0.2) is 48.5 Å². The van der Waals surface area contributed by atoms with E-state index >= 15 is 0 Å². The molecule has 3 rings (SSSR count). The smallest absolute Gasteiger partial charge is 0.372 e. The summed E-state index contributed by atoms with van der Waals surface area (Å²) in [7, 11) is 0. The van der Waals surface area contributed by atoms with Crippen LogP contribution in [0.3, 0.4) is 0 Å². The number of hydrogen-bond acceptors (Lipinski definition) is 2. The van der Waals surface area contributed by atoms with E-state index in [0.29, 0.717) is 24.2 Å². The molecule has 0 saturated carbocycles.